The Labute approximate surface area is 158 Å². The maximum atomic E-state index is 12.9. The summed E-state index contributed by atoms with van der Waals surface area (Å²) in [6.07, 6.45) is 2.52. The number of carbonyl (C=O) groups excluding carboxylic acids is 2. The van der Waals surface area contributed by atoms with Crippen molar-refractivity contribution < 1.29 is 9.59 Å². The Kier molecular flexibility index (Phi) is 6.04. The zero-order valence-electron chi connectivity index (χ0n) is 15.3. The maximum Gasteiger partial charge on any atom is 0.254 e. The first-order valence-electron chi connectivity index (χ1n) is 9.14. The third-order valence-electron chi connectivity index (χ3n) is 4.79. The Bertz CT molecular complexity index is 787. The number of hydrogen-bond acceptors (Lipinski definition) is 4. The molecule has 1 fully saturated rings. The minimum Gasteiger partial charge on any atom is -0.350 e. The van der Waals surface area contributed by atoms with Crippen LogP contribution in [0.2, 0.25) is 0 Å². The van der Waals surface area contributed by atoms with E-state index >= 15 is 0 Å². The van der Waals surface area contributed by atoms with Crippen molar-refractivity contribution in [3.63, 3.8) is 0 Å². The van der Waals surface area contributed by atoms with Gasteiger partial charge in [0.2, 0.25) is 5.91 Å². The van der Waals surface area contributed by atoms with Crippen LogP contribution in [0.25, 0.3) is 0 Å². The van der Waals surface area contributed by atoms with Crippen LogP contribution >= 0.6 is 11.3 Å². The zero-order chi connectivity index (χ0) is 18.5. The molecular formula is C20H25N3O2S. The normalized spacial score (nSPS) is 17.2. The number of nitrogens with one attached hydrogen (secondary N) is 1. The molecule has 0 radical (unpaired) electrons. The fraction of sp³-hybridized carbons (Fsp3) is 0.450. The molecule has 0 spiro atoms. The highest BCUT2D eigenvalue weighted by Crippen LogP contribution is 2.30. The number of amides is 2. The molecule has 5 nitrogen and oxygen atoms in total. The van der Waals surface area contributed by atoms with Crippen LogP contribution in [0.1, 0.15) is 58.7 Å². The molecule has 1 N–H and O–H groups in total. The lowest BCUT2D eigenvalue weighted by atomic mass is 9.97. The summed E-state index contributed by atoms with van der Waals surface area (Å²) in [5.74, 6) is 0.421. The van der Waals surface area contributed by atoms with E-state index in [4.69, 9.17) is 4.98 Å². The number of aromatic nitrogens is 1. The van der Waals surface area contributed by atoms with Gasteiger partial charge in [-0.15, -0.1) is 11.3 Å². The van der Waals surface area contributed by atoms with Gasteiger partial charge in [-0.05, 0) is 31.4 Å². The van der Waals surface area contributed by atoms with Crippen molar-refractivity contribution in [2.24, 2.45) is 0 Å². The molecule has 1 aliphatic heterocycles. The number of carbonyl (C=O) groups is 2. The molecule has 0 aliphatic carbocycles. The molecule has 0 bridgehead atoms. The molecule has 26 heavy (non-hydrogen) atoms. The summed E-state index contributed by atoms with van der Waals surface area (Å²) in [5, 5.41) is 5.93. The van der Waals surface area contributed by atoms with Crippen LogP contribution in [0.4, 0.5) is 0 Å². The number of benzene rings is 1. The predicted octanol–water partition coefficient (Wildman–Crippen LogP) is 3.50. The van der Waals surface area contributed by atoms with Crippen LogP contribution in [-0.2, 0) is 11.3 Å². The highest BCUT2D eigenvalue weighted by molar-refractivity contribution is 7.09. The molecule has 6 heteroatoms. The third kappa shape index (κ3) is 4.30. The van der Waals surface area contributed by atoms with E-state index in [1.165, 1.54) is 0 Å². The molecule has 1 aromatic heterocycles. The van der Waals surface area contributed by atoms with E-state index in [1.54, 1.807) is 11.3 Å². The molecule has 1 aromatic carbocycles. The summed E-state index contributed by atoms with van der Waals surface area (Å²) in [4.78, 5) is 30.9. The Morgan fingerprint density at radius 1 is 1.35 bits per heavy atom. The lowest BCUT2D eigenvalue weighted by Gasteiger charge is -2.32. The third-order valence-corrected chi connectivity index (χ3v) is 5.85. The molecule has 2 heterocycles. The molecule has 1 aliphatic rings. The van der Waals surface area contributed by atoms with Gasteiger partial charge in [0.05, 0.1) is 17.2 Å². The minimum atomic E-state index is 0.0345. The number of piperidine rings is 1. The summed E-state index contributed by atoms with van der Waals surface area (Å²) >= 11 is 1.63. The van der Waals surface area contributed by atoms with E-state index < -0.39 is 0 Å². The van der Waals surface area contributed by atoms with E-state index in [0.717, 1.165) is 41.2 Å². The Hall–Kier alpha value is -2.21. The molecule has 1 saturated heterocycles. The Balaban J connectivity index is 1.65. The van der Waals surface area contributed by atoms with Crippen LogP contribution < -0.4 is 5.32 Å². The summed E-state index contributed by atoms with van der Waals surface area (Å²) in [5.41, 5.74) is 2.70. The van der Waals surface area contributed by atoms with Gasteiger partial charge in [-0.3, -0.25) is 9.59 Å². The van der Waals surface area contributed by atoms with Crippen molar-refractivity contribution in [1.29, 1.82) is 0 Å². The minimum absolute atomic E-state index is 0.0345. The van der Waals surface area contributed by atoms with Crippen molar-refractivity contribution in [2.75, 3.05) is 13.1 Å². The molecule has 0 saturated carbocycles. The number of hydrogen-bond donors (Lipinski definition) is 1. The highest BCUT2D eigenvalue weighted by atomic mass is 32.1. The summed E-state index contributed by atoms with van der Waals surface area (Å²) in [6, 6.07) is 7.75. The largest absolute Gasteiger partial charge is 0.350 e. The van der Waals surface area contributed by atoms with Crippen molar-refractivity contribution in [1.82, 2.24) is 15.2 Å². The Morgan fingerprint density at radius 2 is 2.15 bits per heavy atom. The average molecular weight is 372 g/mol. The molecule has 1 atom stereocenters. The van der Waals surface area contributed by atoms with E-state index in [-0.39, 0.29) is 17.7 Å². The van der Waals surface area contributed by atoms with E-state index in [0.29, 0.717) is 19.5 Å². The number of likely N-dealkylation sites (tertiary alicyclic amines) is 1. The second-order valence-corrected chi connectivity index (χ2v) is 7.60. The second-order valence-electron chi connectivity index (χ2n) is 6.71. The average Bonchev–Trinajstić information content (AvgIpc) is 3.15. The quantitative estimate of drug-likeness (QED) is 0.875. The van der Waals surface area contributed by atoms with Crippen LogP contribution in [0.5, 0.6) is 0 Å². The first kappa shape index (κ1) is 18.6. The summed E-state index contributed by atoms with van der Waals surface area (Å²) in [6.45, 7) is 5.80. The first-order valence-corrected chi connectivity index (χ1v) is 10.0. The fourth-order valence-electron chi connectivity index (χ4n) is 3.25. The zero-order valence-corrected chi connectivity index (χ0v) is 16.1. The maximum absolute atomic E-state index is 12.9. The van der Waals surface area contributed by atoms with Gasteiger partial charge in [0.1, 0.15) is 0 Å². The smallest absolute Gasteiger partial charge is 0.254 e. The van der Waals surface area contributed by atoms with Gasteiger partial charge in [-0.1, -0.05) is 25.1 Å². The van der Waals surface area contributed by atoms with Gasteiger partial charge >= 0.3 is 0 Å². The molecule has 2 aromatic rings. The number of thiazole rings is 1. The van der Waals surface area contributed by atoms with Gasteiger partial charge in [0.25, 0.3) is 5.91 Å². The predicted molar refractivity (Wildman–Crippen MR) is 103 cm³/mol. The van der Waals surface area contributed by atoms with Gasteiger partial charge in [0.15, 0.2) is 0 Å². The van der Waals surface area contributed by atoms with Crippen molar-refractivity contribution in [3.05, 3.63) is 51.5 Å². The standard InChI is InChI=1S/C20H25N3O2S/c1-3-18(24)21-11-16-13-26-19(22-16)15-8-6-10-23(12-15)20(25)17-9-5-4-7-14(17)2/h4-5,7,9,13,15H,3,6,8,10-12H2,1-2H3,(H,21,24). The monoisotopic (exact) mass is 371 g/mol. The molecule has 2 amide bonds. The lowest BCUT2D eigenvalue weighted by Crippen LogP contribution is -2.39. The molecule has 1 unspecified atom stereocenters. The van der Waals surface area contributed by atoms with Gasteiger partial charge in [0, 0.05) is 36.4 Å². The van der Waals surface area contributed by atoms with Crippen molar-refractivity contribution in [2.45, 2.75) is 45.6 Å². The van der Waals surface area contributed by atoms with Gasteiger partial charge in [-0.25, -0.2) is 4.98 Å². The van der Waals surface area contributed by atoms with Gasteiger partial charge < -0.3 is 10.2 Å². The number of nitrogens with zero attached hydrogens (tertiary/aromatic N) is 2. The van der Waals surface area contributed by atoms with Crippen molar-refractivity contribution in [3.8, 4) is 0 Å². The van der Waals surface area contributed by atoms with Crippen molar-refractivity contribution >= 4 is 23.2 Å². The summed E-state index contributed by atoms with van der Waals surface area (Å²) in [7, 11) is 0. The fourth-order valence-corrected chi connectivity index (χ4v) is 4.20. The highest BCUT2D eigenvalue weighted by Gasteiger charge is 2.27. The van der Waals surface area contributed by atoms with Crippen LogP contribution in [0.3, 0.4) is 0 Å². The van der Waals surface area contributed by atoms with E-state index in [2.05, 4.69) is 5.32 Å². The topological polar surface area (TPSA) is 62.3 Å². The number of rotatable bonds is 5. The molecule has 138 valence electrons. The lowest BCUT2D eigenvalue weighted by molar-refractivity contribution is -0.120. The summed E-state index contributed by atoms with van der Waals surface area (Å²) < 4.78 is 0. The molecule has 3 rings (SSSR count). The first-order chi connectivity index (χ1) is 12.6. The van der Waals surface area contributed by atoms with Crippen LogP contribution in [0, 0.1) is 6.92 Å². The van der Waals surface area contributed by atoms with E-state index in [9.17, 15) is 9.59 Å². The van der Waals surface area contributed by atoms with Crippen LogP contribution in [0.15, 0.2) is 29.6 Å². The number of aryl methyl sites for hydroxylation is 1. The molecular weight excluding hydrogens is 346 g/mol. The Morgan fingerprint density at radius 3 is 2.92 bits per heavy atom. The second kappa shape index (κ2) is 8.45. The van der Waals surface area contributed by atoms with Crippen LogP contribution in [-0.4, -0.2) is 34.8 Å². The van der Waals surface area contributed by atoms with E-state index in [1.807, 2.05) is 48.4 Å². The SMILES string of the molecule is CCC(=O)NCc1csc(C2CCCN(C(=O)c3ccccc3C)C2)n1. The van der Waals surface area contributed by atoms with Gasteiger partial charge in [-0.2, -0.15) is 0 Å².